The normalized spacial score (nSPS) is 12.4. The van der Waals surface area contributed by atoms with Crippen LogP contribution in [0.2, 0.25) is 0 Å². The number of sulfonamides is 1. The van der Waals surface area contributed by atoms with E-state index in [2.05, 4.69) is 10.0 Å². The summed E-state index contributed by atoms with van der Waals surface area (Å²) >= 11 is 0. The molecule has 0 radical (unpaired) electrons. The maximum atomic E-state index is 12.8. The van der Waals surface area contributed by atoms with Crippen LogP contribution in [0.25, 0.3) is 11.1 Å². The van der Waals surface area contributed by atoms with Crippen molar-refractivity contribution in [1.29, 1.82) is 5.26 Å². The molecule has 2 aromatic carbocycles. The Kier molecular flexibility index (Phi) is 7.54. The van der Waals surface area contributed by atoms with Crippen molar-refractivity contribution in [1.82, 2.24) is 10.0 Å². The molecule has 1 atom stereocenters. The van der Waals surface area contributed by atoms with Crippen molar-refractivity contribution in [2.24, 2.45) is 5.92 Å². The first-order valence-corrected chi connectivity index (χ1v) is 11.0. The monoisotopic (exact) mass is 413 g/mol. The lowest BCUT2D eigenvalue weighted by atomic mass is 9.96. The Morgan fingerprint density at radius 3 is 2.17 bits per heavy atom. The van der Waals surface area contributed by atoms with Crippen LogP contribution >= 0.6 is 0 Å². The van der Waals surface area contributed by atoms with Crippen molar-refractivity contribution in [2.75, 3.05) is 6.54 Å². The van der Waals surface area contributed by atoms with Crippen LogP contribution in [-0.4, -0.2) is 26.9 Å². The Bertz CT molecular complexity index is 986. The number of aryl methyl sites for hydroxylation is 2. The zero-order chi connectivity index (χ0) is 21.6. The van der Waals surface area contributed by atoms with E-state index in [-0.39, 0.29) is 17.4 Å². The first-order valence-electron chi connectivity index (χ1n) is 9.49. The Hall–Kier alpha value is -2.69. The molecule has 0 bridgehead atoms. The quantitative estimate of drug-likeness (QED) is 0.649. The topological polar surface area (TPSA) is 99.1 Å². The number of benzene rings is 2. The summed E-state index contributed by atoms with van der Waals surface area (Å²) in [5.74, 6) is -0.405. The number of hydrogen-bond donors (Lipinski definition) is 2. The van der Waals surface area contributed by atoms with Crippen LogP contribution in [0.5, 0.6) is 0 Å². The lowest BCUT2D eigenvalue weighted by Gasteiger charge is -2.19. The number of nitriles is 1. The summed E-state index contributed by atoms with van der Waals surface area (Å²) < 4.78 is 28.1. The molecule has 1 amide bonds. The second-order valence-corrected chi connectivity index (χ2v) is 9.18. The average Bonchev–Trinajstić information content (AvgIpc) is 2.65. The molecule has 0 spiro atoms. The summed E-state index contributed by atoms with van der Waals surface area (Å²) in [6.07, 6.45) is 0.330. The third-order valence-electron chi connectivity index (χ3n) is 4.60. The fourth-order valence-corrected chi connectivity index (χ4v) is 4.46. The smallest absolute Gasteiger partial charge is 0.241 e. The molecule has 0 aliphatic heterocycles. The minimum Gasteiger partial charge on any atom is -0.342 e. The van der Waals surface area contributed by atoms with Crippen LogP contribution in [0.3, 0.4) is 0 Å². The molecule has 0 heterocycles. The molecular weight excluding hydrogens is 386 g/mol. The highest BCUT2D eigenvalue weighted by Crippen LogP contribution is 2.28. The van der Waals surface area contributed by atoms with E-state index in [1.807, 2.05) is 52.0 Å². The zero-order valence-electron chi connectivity index (χ0n) is 17.2. The summed E-state index contributed by atoms with van der Waals surface area (Å²) in [4.78, 5) is 12.4. The van der Waals surface area contributed by atoms with E-state index >= 15 is 0 Å². The molecule has 0 aliphatic rings. The van der Waals surface area contributed by atoms with Gasteiger partial charge in [-0.2, -0.15) is 9.98 Å². The van der Waals surface area contributed by atoms with Crippen molar-refractivity contribution in [3.8, 4) is 17.2 Å². The molecule has 154 valence electrons. The Morgan fingerprint density at radius 2 is 1.66 bits per heavy atom. The summed E-state index contributed by atoms with van der Waals surface area (Å²) in [7, 11) is -3.89. The second kappa shape index (κ2) is 9.68. The van der Waals surface area contributed by atoms with E-state index in [0.29, 0.717) is 6.42 Å². The second-order valence-electron chi connectivity index (χ2n) is 7.47. The number of hydrogen-bond acceptors (Lipinski definition) is 4. The first kappa shape index (κ1) is 22.6. The third kappa shape index (κ3) is 5.89. The lowest BCUT2D eigenvalue weighted by Crippen LogP contribution is -2.47. The SMILES string of the molecule is Cc1cccc(C)c1-c1ccc(S(=O)(=O)N[C@@H](CC(C)C)C(=O)NCC#N)cc1. The van der Waals surface area contributed by atoms with Gasteiger partial charge < -0.3 is 5.32 Å². The van der Waals surface area contributed by atoms with Gasteiger partial charge >= 0.3 is 0 Å². The van der Waals surface area contributed by atoms with Crippen molar-refractivity contribution in [2.45, 2.75) is 45.1 Å². The molecule has 2 N–H and O–H groups in total. The summed E-state index contributed by atoms with van der Waals surface area (Å²) in [6, 6.07) is 13.6. The Labute approximate surface area is 173 Å². The first-order chi connectivity index (χ1) is 13.7. The molecule has 2 aromatic rings. The molecular formula is C22H27N3O3S. The van der Waals surface area contributed by atoms with Gasteiger partial charge in [-0.25, -0.2) is 8.42 Å². The van der Waals surface area contributed by atoms with Gasteiger partial charge in [0, 0.05) is 0 Å². The number of carbonyl (C=O) groups is 1. The van der Waals surface area contributed by atoms with Gasteiger partial charge in [0.25, 0.3) is 0 Å². The number of amides is 1. The highest BCUT2D eigenvalue weighted by molar-refractivity contribution is 7.89. The van der Waals surface area contributed by atoms with Crippen LogP contribution in [-0.2, 0) is 14.8 Å². The van der Waals surface area contributed by atoms with E-state index in [1.165, 1.54) is 0 Å². The van der Waals surface area contributed by atoms with Crippen molar-refractivity contribution >= 4 is 15.9 Å². The molecule has 29 heavy (non-hydrogen) atoms. The minimum absolute atomic E-state index is 0.0920. The van der Waals surface area contributed by atoms with Gasteiger partial charge in [0.15, 0.2) is 0 Å². The van der Waals surface area contributed by atoms with Gasteiger partial charge in [-0.3, -0.25) is 4.79 Å². The number of nitrogens with zero attached hydrogens (tertiary/aromatic N) is 1. The Balaban J connectivity index is 2.27. The standard InChI is InChI=1S/C22H27N3O3S/c1-15(2)14-20(22(26)24-13-12-23)25-29(27,28)19-10-8-18(9-11-19)21-16(3)6-5-7-17(21)4/h5-11,15,20,25H,13-14H2,1-4H3,(H,24,26)/t20-/m0/s1. The number of nitrogens with one attached hydrogen (secondary N) is 2. The minimum atomic E-state index is -3.89. The molecule has 7 heteroatoms. The van der Waals surface area contributed by atoms with Gasteiger partial charge in [0.1, 0.15) is 12.6 Å². The highest BCUT2D eigenvalue weighted by Gasteiger charge is 2.26. The van der Waals surface area contributed by atoms with Crippen LogP contribution in [0.15, 0.2) is 47.4 Å². The van der Waals surface area contributed by atoms with Crippen LogP contribution in [0.1, 0.15) is 31.4 Å². The number of rotatable bonds is 8. The van der Waals surface area contributed by atoms with Gasteiger partial charge in [-0.15, -0.1) is 0 Å². The molecule has 0 unspecified atom stereocenters. The molecule has 6 nitrogen and oxygen atoms in total. The number of carbonyl (C=O) groups excluding carboxylic acids is 1. The van der Waals surface area contributed by atoms with Crippen molar-refractivity contribution < 1.29 is 13.2 Å². The summed E-state index contributed by atoms with van der Waals surface area (Å²) in [6.45, 7) is 7.67. The molecule has 0 saturated carbocycles. The molecule has 0 aromatic heterocycles. The maximum Gasteiger partial charge on any atom is 0.241 e. The lowest BCUT2D eigenvalue weighted by molar-refractivity contribution is -0.122. The van der Waals surface area contributed by atoms with Gasteiger partial charge in [-0.05, 0) is 60.6 Å². The van der Waals surface area contributed by atoms with Gasteiger partial charge in [0.2, 0.25) is 15.9 Å². The average molecular weight is 414 g/mol. The largest absolute Gasteiger partial charge is 0.342 e. The van der Waals surface area contributed by atoms with Crippen LogP contribution < -0.4 is 10.0 Å². The molecule has 0 fully saturated rings. The van der Waals surface area contributed by atoms with E-state index in [1.54, 1.807) is 24.3 Å². The molecule has 2 rings (SSSR count). The highest BCUT2D eigenvalue weighted by atomic mass is 32.2. The fourth-order valence-electron chi connectivity index (χ4n) is 3.26. The van der Waals surface area contributed by atoms with E-state index in [4.69, 9.17) is 5.26 Å². The van der Waals surface area contributed by atoms with E-state index < -0.39 is 22.0 Å². The Morgan fingerprint density at radius 1 is 1.07 bits per heavy atom. The predicted molar refractivity (Wildman–Crippen MR) is 114 cm³/mol. The van der Waals surface area contributed by atoms with Crippen LogP contribution in [0, 0.1) is 31.1 Å². The van der Waals surface area contributed by atoms with E-state index in [0.717, 1.165) is 22.3 Å². The molecule has 0 aliphatic carbocycles. The van der Waals surface area contributed by atoms with Crippen molar-refractivity contribution in [3.05, 3.63) is 53.6 Å². The molecule has 0 saturated heterocycles. The van der Waals surface area contributed by atoms with Gasteiger partial charge in [-0.1, -0.05) is 44.2 Å². The summed E-state index contributed by atoms with van der Waals surface area (Å²) in [5.41, 5.74) is 4.25. The predicted octanol–water partition coefficient (Wildman–Crippen LogP) is 3.30. The third-order valence-corrected chi connectivity index (χ3v) is 6.08. The summed E-state index contributed by atoms with van der Waals surface area (Å²) in [5, 5.41) is 11.1. The van der Waals surface area contributed by atoms with Gasteiger partial charge in [0.05, 0.1) is 11.0 Å². The van der Waals surface area contributed by atoms with Crippen LogP contribution in [0.4, 0.5) is 0 Å². The zero-order valence-corrected chi connectivity index (χ0v) is 18.0. The van der Waals surface area contributed by atoms with Crippen molar-refractivity contribution in [3.63, 3.8) is 0 Å². The van der Waals surface area contributed by atoms with E-state index in [9.17, 15) is 13.2 Å². The maximum absolute atomic E-state index is 12.8. The fraction of sp³-hybridized carbons (Fsp3) is 0.364.